The zero-order valence-corrected chi connectivity index (χ0v) is 22.3. The van der Waals surface area contributed by atoms with Crippen LogP contribution >= 0.6 is 0 Å². The number of piperidine rings is 1. The van der Waals surface area contributed by atoms with Crippen molar-refractivity contribution in [2.45, 2.75) is 57.1 Å². The van der Waals surface area contributed by atoms with E-state index in [2.05, 4.69) is 9.88 Å². The quantitative estimate of drug-likeness (QED) is 0.419. The van der Waals surface area contributed by atoms with Crippen molar-refractivity contribution in [2.75, 3.05) is 19.6 Å². The number of rotatable bonds is 6. The first-order valence-electron chi connectivity index (χ1n) is 13.6. The number of esters is 1. The van der Waals surface area contributed by atoms with E-state index in [9.17, 15) is 18.4 Å². The van der Waals surface area contributed by atoms with Crippen LogP contribution in [0, 0.1) is 11.6 Å². The van der Waals surface area contributed by atoms with E-state index in [4.69, 9.17) is 9.47 Å². The zero-order chi connectivity index (χ0) is 27.9. The van der Waals surface area contributed by atoms with Crippen LogP contribution in [0.2, 0.25) is 0 Å². The minimum Gasteiger partial charge on any atom is -0.452 e. The van der Waals surface area contributed by atoms with Gasteiger partial charge in [0.05, 0.1) is 18.2 Å². The van der Waals surface area contributed by atoms with Crippen molar-refractivity contribution in [3.63, 3.8) is 0 Å². The van der Waals surface area contributed by atoms with Gasteiger partial charge in [0.2, 0.25) is 0 Å². The van der Waals surface area contributed by atoms with Crippen LogP contribution in [0.25, 0.3) is 0 Å². The highest BCUT2D eigenvalue weighted by Crippen LogP contribution is 2.44. The van der Waals surface area contributed by atoms with Gasteiger partial charge in [0.15, 0.2) is 17.7 Å². The summed E-state index contributed by atoms with van der Waals surface area (Å²) in [5.74, 6) is -2.80. The number of carbonyl (C=O) groups excluding carboxylic acids is 2. The molecule has 3 aliphatic rings. The van der Waals surface area contributed by atoms with Crippen molar-refractivity contribution in [1.82, 2.24) is 14.8 Å². The molecule has 0 radical (unpaired) electrons. The standard InChI is InChI=1S/C31H31F2N3O4/c1-20(37)40-28-9-13-36(30(28)38)29(23-6-7-26(32)27(33)16-23)22-4-2-21(3-5-22)18-35-14-10-31(11-15-35)25-17-34-12-8-24(25)19-39-31/h2-8,12,16-17,28-29H,9-11,13-15,18-19H2,1H3/t28-,29?/m0/s1. The smallest absolute Gasteiger partial charge is 0.303 e. The van der Waals surface area contributed by atoms with E-state index >= 15 is 0 Å². The third kappa shape index (κ3) is 4.99. The fourth-order valence-electron chi connectivity index (χ4n) is 6.28. The Morgan fingerprint density at radius 3 is 2.55 bits per heavy atom. The highest BCUT2D eigenvalue weighted by molar-refractivity contribution is 5.86. The number of pyridine rings is 1. The molecule has 1 unspecified atom stereocenters. The summed E-state index contributed by atoms with van der Waals surface area (Å²) in [5.41, 5.74) is 4.54. The van der Waals surface area contributed by atoms with Gasteiger partial charge >= 0.3 is 5.97 Å². The van der Waals surface area contributed by atoms with Crippen molar-refractivity contribution in [1.29, 1.82) is 0 Å². The van der Waals surface area contributed by atoms with Crippen molar-refractivity contribution < 1.29 is 27.8 Å². The van der Waals surface area contributed by atoms with Crippen molar-refractivity contribution in [2.24, 2.45) is 0 Å². The second-order valence-electron chi connectivity index (χ2n) is 10.8. The molecule has 2 saturated heterocycles. The molecule has 0 N–H and O–H groups in total. The molecule has 6 rings (SSSR count). The highest BCUT2D eigenvalue weighted by Gasteiger charge is 2.43. The van der Waals surface area contributed by atoms with Crippen LogP contribution in [-0.4, -0.2) is 52.4 Å². The summed E-state index contributed by atoms with van der Waals surface area (Å²) in [6, 6.07) is 13.0. The predicted octanol–water partition coefficient (Wildman–Crippen LogP) is 4.63. The molecule has 1 amide bonds. The van der Waals surface area contributed by atoms with E-state index in [-0.39, 0.29) is 11.5 Å². The van der Waals surface area contributed by atoms with Gasteiger partial charge in [-0.3, -0.25) is 19.5 Å². The molecule has 2 atom stereocenters. The second kappa shape index (κ2) is 10.7. The first-order chi connectivity index (χ1) is 19.3. The largest absolute Gasteiger partial charge is 0.452 e. The Bertz CT molecular complexity index is 1420. The molecule has 0 saturated carbocycles. The Morgan fingerprint density at radius 1 is 1.07 bits per heavy atom. The molecule has 0 aliphatic carbocycles. The first kappa shape index (κ1) is 26.5. The van der Waals surface area contributed by atoms with E-state index in [1.54, 1.807) is 4.90 Å². The summed E-state index contributed by atoms with van der Waals surface area (Å²) >= 11 is 0. The molecule has 2 aromatic carbocycles. The minimum absolute atomic E-state index is 0.242. The van der Waals surface area contributed by atoms with Gasteiger partial charge in [-0.15, -0.1) is 0 Å². The van der Waals surface area contributed by atoms with Gasteiger partial charge in [0.25, 0.3) is 5.91 Å². The normalized spacial score (nSPS) is 21.0. The van der Waals surface area contributed by atoms with Crippen LogP contribution in [0.15, 0.2) is 60.9 Å². The van der Waals surface area contributed by atoms with Gasteiger partial charge in [0.1, 0.15) is 0 Å². The van der Waals surface area contributed by atoms with E-state index in [0.717, 1.165) is 55.7 Å². The van der Waals surface area contributed by atoms with E-state index in [1.165, 1.54) is 24.1 Å². The predicted molar refractivity (Wildman–Crippen MR) is 142 cm³/mol. The second-order valence-corrected chi connectivity index (χ2v) is 10.8. The number of hydrogen-bond acceptors (Lipinski definition) is 6. The zero-order valence-electron chi connectivity index (χ0n) is 22.3. The van der Waals surface area contributed by atoms with Crippen molar-refractivity contribution >= 4 is 11.9 Å². The molecule has 40 heavy (non-hydrogen) atoms. The van der Waals surface area contributed by atoms with Crippen LogP contribution in [0.3, 0.4) is 0 Å². The number of halogens is 2. The molecular weight excluding hydrogens is 516 g/mol. The molecule has 1 spiro atoms. The van der Waals surface area contributed by atoms with Crippen LogP contribution in [0.4, 0.5) is 8.78 Å². The number of likely N-dealkylation sites (tertiary alicyclic amines) is 2. The monoisotopic (exact) mass is 547 g/mol. The van der Waals surface area contributed by atoms with E-state index < -0.39 is 29.7 Å². The molecule has 3 aromatic rings. The Hall–Kier alpha value is -3.69. The Balaban J connectivity index is 1.18. The third-order valence-electron chi connectivity index (χ3n) is 8.34. The molecule has 7 nitrogen and oxygen atoms in total. The lowest BCUT2D eigenvalue weighted by molar-refractivity contribution is -0.154. The number of nitrogens with zero attached hydrogens (tertiary/aromatic N) is 3. The van der Waals surface area contributed by atoms with Gasteiger partial charge in [-0.2, -0.15) is 0 Å². The van der Waals surface area contributed by atoms with Crippen LogP contribution in [0.5, 0.6) is 0 Å². The lowest BCUT2D eigenvalue weighted by Crippen LogP contribution is -2.42. The fraction of sp³-hybridized carbons (Fsp3) is 0.387. The van der Waals surface area contributed by atoms with Crippen LogP contribution in [-0.2, 0) is 37.8 Å². The topological polar surface area (TPSA) is 72.0 Å². The van der Waals surface area contributed by atoms with Gasteiger partial charge < -0.3 is 14.4 Å². The summed E-state index contributed by atoms with van der Waals surface area (Å²) < 4.78 is 39.4. The Kier molecular flexibility index (Phi) is 7.10. The molecule has 4 heterocycles. The number of fused-ring (bicyclic) bond motifs is 2. The molecule has 1 aromatic heterocycles. The average Bonchev–Trinajstić information content (AvgIpc) is 3.49. The van der Waals surface area contributed by atoms with Crippen LogP contribution in [0.1, 0.15) is 60.0 Å². The Labute approximate surface area is 231 Å². The Morgan fingerprint density at radius 2 is 1.82 bits per heavy atom. The lowest BCUT2D eigenvalue weighted by Gasteiger charge is -2.39. The number of hydrogen-bond donors (Lipinski definition) is 0. The molecular formula is C31H31F2N3O4. The molecule has 2 fully saturated rings. The number of ether oxygens (including phenoxy) is 2. The SMILES string of the molecule is CC(=O)O[C@H]1CCN(C(c2ccc(CN3CCC4(CC3)OCc3ccncc34)cc2)c2ccc(F)c(F)c2)C1=O. The molecule has 208 valence electrons. The van der Waals surface area contributed by atoms with Crippen molar-refractivity contribution in [3.8, 4) is 0 Å². The molecule has 0 bridgehead atoms. The average molecular weight is 548 g/mol. The van der Waals surface area contributed by atoms with Gasteiger partial charge in [0, 0.05) is 57.5 Å². The number of benzene rings is 2. The van der Waals surface area contributed by atoms with Gasteiger partial charge in [-0.1, -0.05) is 30.3 Å². The third-order valence-corrected chi connectivity index (χ3v) is 8.34. The lowest BCUT2D eigenvalue weighted by atomic mass is 9.84. The van der Waals surface area contributed by atoms with E-state index in [1.807, 2.05) is 42.7 Å². The summed E-state index contributed by atoms with van der Waals surface area (Å²) in [5, 5.41) is 0. The maximum Gasteiger partial charge on any atom is 0.303 e. The number of carbonyl (C=O) groups is 2. The van der Waals surface area contributed by atoms with Crippen molar-refractivity contribution in [3.05, 3.63) is 100 Å². The van der Waals surface area contributed by atoms with Gasteiger partial charge in [-0.05, 0) is 53.3 Å². The highest BCUT2D eigenvalue weighted by atomic mass is 19.2. The van der Waals surface area contributed by atoms with E-state index in [0.29, 0.717) is 25.1 Å². The fourth-order valence-corrected chi connectivity index (χ4v) is 6.28. The number of aromatic nitrogens is 1. The minimum atomic E-state index is -0.977. The summed E-state index contributed by atoms with van der Waals surface area (Å²) in [7, 11) is 0. The van der Waals surface area contributed by atoms with Gasteiger partial charge in [-0.25, -0.2) is 8.78 Å². The first-order valence-corrected chi connectivity index (χ1v) is 13.6. The number of amides is 1. The molecule has 3 aliphatic heterocycles. The summed E-state index contributed by atoms with van der Waals surface area (Å²) in [4.78, 5) is 32.9. The summed E-state index contributed by atoms with van der Waals surface area (Å²) in [6.07, 6.45) is 5.04. The maximum absolute atomic E-state index is 14.2. The molecule has 9 heteroatoms. The van der Waals surface area contributed by atoms with Crippen LogP contribution < -0.4 is 0 Å². The summed E-state index contributed by atoms with van der Waals surface area (Å²) in [6.45, 7) is 4.79. The maximum atomic E-state index is 14.2.